The molecule has 0 atom stereocenters. The standard InChI is InChI=1S/C30H39N/c1-7-25-19-27-28(30(10-4,11-5)17-16-29(27,8-2)9-3)20-26(25)22(6)18-23-12-14-24(21-31)15-13-23/h12-15,18-20H,7-11,16-17H2,1-6H3/b22-18+. The topological polar surface area (TPSA) is 23.8 Å². The van der Waals surface area contributed by atoms with Crippen LogP contribution in [0.5, 0.6) is 0 Å². The first kappa shape index (κ1) is 23.3. The van der Waals surface area contributed by atoms with E-state index < -0.39 is 0 Å². The molecule has 164 valence electrons. The highest BCUT2D eigenvalue weighted by molar-refractivity contribution is 5.82. The van der Waals surface area contributed by atoms with E-state index in [1.54, 1.807) is 11.1 Å². The number of aryl methyl sites for hydroxylation is 1. The Bertz CT molecular complexity index is 976. The third kappa shape index (κ3) is 4.10. The summed E-state index contributed by atoms with van der Waals surface area (Å²) in [6.45, 7) is 14.1. The van der Waals surface area contributed by atoms with Crippen LogP contribution in [0.25, 0.3) is 11.6 Å². The van der Waals surface area contributed by atoms with Crippen LogP contribution in [0.3, 0.4) is 0 Å². The van der Waals surface area contributed by atoms with Gasteiger partial charge in [-0.15, -0.1) is 0 Å². The molecule has 0 heterocycles. The number of fused-ring (bicyclic) bond motifs is 1. The molecule has 1 heteroatoms. The van der Waals surface area contributed by atoms with Crippen molar-refractivity contribution in [1.29, 1.82) is 5.26 Å². The molecule has 0 N–H and O–H groups in total. The van der Waals surface area contributed by atoms with Gasteiger partial charge < -0.3 is 0 Å². The normalized spacial score (nSPS) is 17.1. The molecule has 2 aromatic carbocycles. The van der Waals surface area contributed by atoms with Gasteiger partial charge in [-0.1, -0.05) is 65.0 Å². The van der Waals surface area contributed by atoms with Gasteiger partial charge in [0.1, 0.15) is 0 Å². The molecule has 0 saturated heterocycles. The number of nitrogens with zero attached hydrogens (tertiary/aromatic N) is 1. The van der Waals surface area contributed by atoms with Crippen LogP contribution in [0.2, 0.25) is 0 Å². The Kier molecular flexibility index (Phi) is 7.10. The number of rotatable bonds is 7. The molecule has 0 radical (unpaired) electrons. The number of hydrogen-bond acceptors (Lipinski definition) is 1. The van der Waals surface area contributed by atoms with Gasteiger partial charge in [0.05, 0.1) is 11.6 Å². The first-order valence-corrected chi connectivity index (χ1v) is 12.3. The van der Waals surface area contributed by atoms with E-state index >= 15 is 0 Å². The van der Waals surface area contributed by atoms with Crippen LogP contribution in [-0.2, 0) is 17.3 Å². The van der Waals surface area contributed by atoms with Crippen molar-refractivity contribution >= 4 is 11.6 Å². The van der Waals surface area contributed by atoms with Crippen LogP contribution >= 0.6 is 0 Å². The Labute approximate surface area is 190 Å². The maximum Gasteiger partial charge on any atom is 0.0991 e. The minimum atomic E-state index is 0.304. The van der Waals surface area contributed by atoms with Crippen LogP contribution in [0.1, 0.15) is 113 Å². The van der Waals surface area contributed by atoms with E-state index in [4.69, 9.17) is 5.26 Å². The molecule has 0 unspecified atom stereocenters. The summed E-state index contributed by atoms with van der Waals surface area (Å²) >= 11 is 0. The zero-order valence-corrected chi connectivity index (χ0v) is 20.4. The molecule has 3 rings (SSSR count). The van der Waals surface area contributed by atoms with Gasteiger partial charge in [-0.3, -0.25) is 0 Å². The summed E-state index contributed by atoms with van der Waals surface area (Å²) in [7, 11) is 0. The summed E-state index contributed by atoms with van der Waals surface area (Å²) < 4.78 is 0. The summed E-state index contributed by atoms with van der Waals surface area (Å²) in [5, 5.41) is 9.08. The van der Waals surface area contributed by atoms with Gasteiger partial charge in [0.25, 0.3) is 0 Å². The SMILES string of the molecule is CCc1cc2c(cc1/C(C)=C/c1ccc(C#N)cc1)C(CC)(CC)CCC2(CC)CC. The third-order valence-electron chi connectivity index (χ3n) is 8.40. The lowest BCUT2D eigenvalue weighted by molar-refractivity contribution is 0.239. The molecule has 1 nitrogen and oxygen atoms in total. The summed E-state index contributed by atoms with van der Waals surface area (Å²) in [5.74, 6) is 0. The van der Waals surface area contributed by atoms with E-state index in [0.29, 0.717) is 16.4 Å². The van der Waals surface area contributed by atoms with Gasteiger partial charge >= 0.3 is 0 Å². The predicted molar refractivity (Wildman–Crippen MR) is 134 cm³/mol. The van der Waals surface area contributed by atoms with E-state index in [1.807, 2.05) is 24.3 Å². The van der Waals surface area contributed by atoms with Gasteiger partial charge in [0.2, 0.25) is 0 Å². The van der Waals surface area contributed by atoms with Crippen molar-refractivity contribution in [2.24, 2.45) is 0 Å². The van der Waals surface area contributed by atoms with Crippen molar-refractivity contribution in [3.8, 4) is 6.07 Å². The lowest BCUT2D eigenvalue weighted by Crippen LogP contribution is -2.40. The number of benzene rings is 2. The number of nitriles is 1. The fraction of sp³-hybridized carbons (Fsp3) is 0.500. The van der Waals surface area contributed by atoms with Gasteiger partial charge in [0, 0.05) is 0 Å². The highest BCUT2D eigenvalue weighted by Crippen LogP contribution is 2.53. The largest absolute Gasteiger partial charge is 0.192 e. The quantitative estimate of drug-likeness (QED) is 0.417. The molecular formula is C30H39N. The maximum atomic E-state index is 9.08. The second-order valence-electron chi connectivity index (χ2n) is 9.44. The molecule has 1 aliphatic rings. The second-order valence-corrected chi connectivity index (χ2v) is 9.44. The lowest BCUT2D eigenvalue weighted by Gasteiger charge is -2.48. The van der Waals surface area contributed by atoms with E-state index in [-0.39, 0.29) is 0 Å². The van der Waals surface area contributed by atoms with Crippen molar-refractivity contribution < 1.29 is 0 Å². The highest BCUT2D eigenvalue weighted by Gasteiger charge is 2.43. The summed E-state index contributed by atoms with van der Waals surface area (Å²) in [6.07, 6.45) is 10.8. The van der Waals surface area contributed by atoms with E-state index in [0.717, 1.165) is 12.0 Å². The third-order valence-corrected chi connectivity index (χ3v) is 8.40. The maximum absolute atomic E-state index is 9.08. The minimum absolute atomic E-state index is 0.304. The molecule has 0 fully saturated rings. The lowest BCUT2D eigenvalue weighted by atomic mass is 9.56. The van der Waals surface area contributed by atoms with Crippen LogP contribution < -0.4 is 0 Å². The molecule has 0 aliphatic heterocycles. The van der Waals surface area contributed by atoms with Crippen molar-refractivity contribution in [2.75, 3.05) is 0 Å². The number of allylic oxidation sites excluding steroid dienone is 1. The first-order valence-electron chi connectivity index (χ1n) is 12.3. The average molecular weight is 414 g/mol. The Hall–Kier alpha value is -2.33. The zero-order valence-electron chi connectivity index (χ0n) is 20.4. The molecule has 0 bridgehead atoms. The van der Waals surface area contributed by atoms with E-state index in [1.165, 1.54) is 55.2 Å². The molecule has 0 aromatic heterocycles. The Morgan fingerprint density at radius 2 is 1.39 bits per heavy atom. The Morgan fingerprint density at radius 3 is 1.84 bits per heavy atom. The van der Waals surface area contributed by atoms with Crippen LogP contribution in [-0.4, -0.2) is 0 Å². The van der Waals surface area contributed by atoms with E-state index in [9.17, 15) is 0 Å². The summed E-state index contributed by atoms with van der Waals surface area (Å²) in [4.78, 5) is 0. The molecule has 1 aliphatic carbocycles. The molecular weight excluding hydrogens is 374 g/mol. The molecule has 0 amide bonds. The Balaban J connectivity index is 2.20. The molecule has 31 heavy (non-hydrogen) atoms. The fourth-order valence-electron chi connectivity index (χ4n) is 5.88. The molecule has 0 spiro atoms. The number of hydrogen-bond donors (Lipinski definition) is 0. The molecule has 2 aromatic rings. The van der Waals surface area contributed by atoms with Gasteiger partial charge in [-0.2, -0.15) is 5.26 Å². The summed E-state index contributed by atoms with van der Waals surface area (Å²) in [6, 6.07) is 15.3. The predicted octanol–water partition coefficient (Wildman–Crippen LogP) is 8.59. The highest BCUT2D eigenvalue weighted by atomic mass is 14.5. The summed E-state index contributed by atoms with van der Waals surface area (Å²) in [5.41, 5.74) is 9.94. The molecule has 0 saturated carbocycles. The van der Waals surface area contributed by atoms with Crippen molar-refractivity contribution in [3.63, 3.8) is 0 Å². The second kappa shape index (κ2) is 9.44. The van der Waals surface area contributed by atoms with Crippen molar-refractivity contribution in [3.05, 3.63) is 69.8 Å². The van der Waals surface area contributed by atoms with Crippen molar-refractivity contribution in [2.45, 2.75) is 97.3 Å². The fourth-order valence-corrected chi connectivity index (χ4v) is 5.88. The van der Waals surface area contributed by atoms with Crippen molar-refractivity contribution in [1.82, 2.24) is 0 Å². The monoisotopic (exact) mass is 413 g/mol. The minimum Gasteiger partial charge on any atom is -0.192 e. The van der Waals surface area contributed by atoms with Crippen LogP contribution in [0, 0.1) is 11.3 Å². The smallest absolute Gasteiger partial charge is 0.0991 e. The van der Waals surface area contributed by atoms with E-state index in [2.05, 4.69) is 65.8 Å². The van der Waals surface area contributed by atoms with Crippen LogP contribution in [0.15, 0.2) is 36.4 Å². The van der Waals surface area contributed by atoms with Gasteiger partial charge in [-0.05, 0) is 108 Å². The van der Waals surface area contributed by atoms with Gasteiger partial charge in [0.15, 0.2) is 0 Å². The first-order chi connectivity index (χ1) is 14.9. The Morgan fingerprint density at radius 1 is 0.871 bits per heavy atom. The van der Waals surface area contributed by atoms with Crippen LogP contribution in [0.4, 0.5) is 0 Å². The van der Waals surface area contributed by atoms with Gasteiger partial charge in [-0.25, -0.2) is 0 Å². The average Bonchev–Trinajstić information content (AvgIpc) is 2.83. The zero-order chi connectivity index (χ0) is 22.6.